The summed E-state index contributed by atoms with van der Waals surface area (Å²) in [4.78, 5) is 30.8. The number of piperidine rings is 1. The number of rotatable bonds is 2. The number of hydrogen-bond acceptors (Lipinski definition) is 4. The minimum Gasteiger partial charge on any atom is -0.350 e. The molecule has 0 aliphatic carbocycles. The summed E-state index contributed by atoms with van der Waals surface area (Å²) in [7, 11) is 3.52. The van der Waals surface area contributed by atoms with Crippen molar-refractivity contribution in [1.29, 1.82) is 0 Å². The number of carbonyl (C=O) groups excluding carboxylic acids is 2. The van der Waals surface area contributed by atoms with Crippen LogP contribution in [0.2, 0.25) is 0 Å². The van der Waals surface area contributed by atoms with Crippen molar-refractivity contribution in [2.45, 2.75) is 18.9 Å². The summed E-state index contributed by atoms with van der Waals surface area (Å²) in [6, 6.07) is 11.4. The molecule has 2 atom stereocenters. The van der Waals surface area contributed by atoms with Gasteiger partial charge in [0.1, 0.15) is 5.69 Å². The van der Waals surface area contributed by atoms with Gasteiger partial charge in [-0.2, -0.15) is 0 Å². The number of fused-ring (bicyclic) bond motifs is 4. The molecule has 5 rings (SSSR count). The van der Waals surface area contributed by atoms with Crippen LogP contribution in [-0.4, -0.2) is 71.6 Å². The average molecular weight is 368 g/mol. The molecule has 3 aliphatic heterocycles. The van der Waals surface area contributed by atoms with Crippen LogP contribution in [-0.2, 0) is 0 Å². The molecule has 142 valence electrons. The van der Waals surface area contributed by atoms with Crippen molar-refractivity contribution < 1.29 is 14.1 Å². The predicted octanol–water partition coefficient (Wildman–Crippen LogP) is 2.56. The summed E-state index contributed by atoms with van der Waals surface area (Å²) in [6.07, 6.45) is 1.95. The zero-order chi connectivity index (χ0) is 19.0. The molecule has 1 aromatic heterocycles. The van der Waals surface area contributed by atoms with Crippen LogP contribution < -0.4 is 0 Å². The first-order valence-corrected chi connectivity index (χ1v) is 9.32. The van der Waals surface area contributed by atoms with E-state index in [0.717, 1.165) is 18.4 Å². The van der Waals surface area contributed by atoms with E-state index in [1.54, 1.807) is 25.1 Å². The van der Waals surface area contributed by atoms with Crippen molar-refractivity contribution in [2.75, 3.05) is 33.7 Å². The summed E-state index contributed by atoms with van der Waals surface area (Å²) in [5.74, 6) is 0.415. The molecule has 2 bridgehead atoms. The summed E-state index contributed by atoms with van der Waals surface area (Å²) in [5.41, 5.74) is 1.57. The first kappa shape index (κ1) is 17.6. The number of benzene rings is 1. The van der Waals surface area contributed by atoms with Gasteiger partial charge in [-0.1, -0.05) is 35.5 Å². The first-order chi connectivity index (χ1) is 13.0. The minimum atomic E-state index is -0.140. The minimum absolute atomic E-state index is 0.00669. The molecule has 3 fully saturated rings. The Bertz CT molecular complexity index is 833. The van der Waals surface area contributed by atoms with Crippen molar-refractivity contribution in [3.8, 4) is 11.3 Å². The van der Waals surface area contributed by atoms with E-state index in [9.17, 15) is 9.59 Å². The summed E-state index contributed by atoms with van der Waals surface area (Å²) in [6.45, 7) is 1.92. The maximum atomic E-state index is 13.1. The molecule has 3 aliphatic rings. The average Bonchev–Trinajstić information content (AvgIpc) is 3.00. The van der Waals surface area contributed by atoms with Gasteiger partial charge in [-0.05, 0) is 18.8 Å². The molecule has 7 heteroatoms. The SMILES string of the molecule is CN(C)C(=O)N1C[C@H]2CC[C@@H](C1)N(C(=O)c1cc(-c3ccccc3)no1)C2. The zero-order valence-electron chi connectivity index (χ0n) is 15.7. The van der Waals surface area contributed by atoms with Gasteiger partial charge >= 0.3 is 6.03 Å². The lowest BCUT2D eigenvalue weighted by Crippen LogP contribution is -2.48. The van der Waals surface area contributed by atoms with E-state index in [4.69, 9.17) is 4.52 Å². The van der Waals surface area contributed by atoms with Crippen LogP contribution in [0.5, 0.6) is 0 Å². The number of urea groups is 1. The molecule has 3 amide bonds. The Labute approximate surface area is 158 Å². The lowest BCUT2D eigenvalue weighted by Gasteiger charge is -2.35. The van der Waals surface area contributed by atoms with Gasteiger partial charge in [0.05, 0.1) is 0 Å². The van der Waals surface area contributed by atoms with Crippen LogP contribution in [0.4, 0.5) is 4.79 Å². The molecule has 0 unspecified atom stereocenters. The normalized spacial score (nSPS) is 21.9. The number of hydrogen-bond donors (Lipinski definition) is 0. The van der Waals surface area contributed by atoms with Crippen molar-refractivity contribution in [1.82, 2.24) is 19.9 Å². The number of carbonyl (C=O) groups is 2. The second-order valence-electron chi connectivity index (χ2n) is 7.58. The largest absolute Gasteiger partial charge is 0.350 e. The Morgan fingerprint density at radius 3 is 2.63 bits per heavy atom. The van der Waals surface area contributed by atoms with E-state index in [1.807, 2.05) is 40.1 Å². The fraction of sp³-hybridized carbons (Fsp3) is 0.450. The smallest absolute Gasteiger partial charge is 0.319 e. The number of nitrogens with zero attached hydrogens (tertiary/aromatic N) is 4. The molecule has 7 nitrogen and oxygen atoms in total. The molecule has 27 heavy (non-hydrogen) atoms. The number of aromatic nitrogens is 1. The predicted molar refractivity (Wildman–Crippen MR) is 100 cm³/mol. The fourth-order valence-corrected chi connectivity index (χ4v) is 4.03. The van der Waals surface area contributed by atoms with Gasteiger partial charge in [0.25, 0.3) is 5.91 Å². The molecule has 0 spiro atoms. The quantitative estimate of drug-likeness (QED) is 0.817. The van der Waals surface area contributed by atoms with E-state index in [1.165, 1.54) is 0 Å². The van der Waals surface area contributed by atoms with Crippen LogP contribution in [0.1, 0.15) is 23.4 Å². The van der Waals surface area contributed by atoms with Gasteiger partial charge in [-0.15, -0.1) is 0 Å². The molecule has 2 aromatic rings. The molecule has 4 heterocycles. The van der Waals surface area contributed by atoms with Crippen molar-refractivity contribution in [2.24, 2.45) is 5.92 Å². The Balaban J connectivity index is 1.53. The van der Waals surface area contributed by atoms with Crippen LogP contribution >= 0.6 is 0 Å². The van der Waals surface area contributed by atoms with Crippen LogP contribution in [0.15, 0.2) is 40.9 Å². The van der Waals surface area contributed by atoms with Crippen molar-refractivity contribution in [3.63, 3.8) is 0 Å². The summed E-state index contributed by atoms with van der Waals surface area (Å²) >= 11 is 0. The zero-order valence-corrected chi connectivity index (χ0v) is 15.7. The fourth-order valence-electron chi connectivity index (χ4n) is 4.03. The molecule has 1 aromatic carbocycles. The van der Waals surface area contributed by atoms with E-state index in [-0.39, 0.29) is 23.7 Å². The lowest BCUT2D eigenvalue weighted by atomic mass is 9.95. The van der Waals surface area contributed by atoms with Gasteiger partial charge in [0.2, 0.25) is 5.76 Å². The third-order valence-corrected chi connectivity index (χ3v) is 5.42. The van der Waals surface area contributed by atoms with Gasteiger partial charge in [-0.25, -0.2) is 4.79 Å². The van der Waals surface area contributed by atoms with Crippen LogP contribution in [0.3, 0.4) is 0 Å². The highest BCUT2D eigenvalue weighted by Crippen LogP contribution is 2.30. The molecule has 0 saturated carbocycles. The molecule has 3 saturated heterocycles. The molecular weight excluding hydrogens is 344 g/mol. The topological polar surface area (TPSA) is 69.9 Å². The van der Waals surface area contributed by atoms with Crippen molar-refractivity contribution >= 4 is 11.9 Å². The Hall–Kier alpha value is -2.83. The second kappa shape index (κ2) is 7.06. The van der Waals surface area contributed by atoms with Gasteiger partial charge < -0.3 is 19.2 Å². The summed E-state index contributed by atoms with van der Waals surface area (Å²) < 4.78 is 5.37. The maximum Gasteiger partial charge on any atom is 0.319 e. The Morgan fingerprint density at radius 2 is 1.89 bits per heavy atom. The highest BCUT2D eigenvalue weighted by Gasteiger charge is 2.40. The molecule has 0 N–H and O–H groups in total. The van der Waals surface area contributed by atoms with Crippen molar-refractivity contribution in [3.05, 3.63) is 42.2 Å². The summed E-state index contributed by atoms with van der Waals surface area (Å²) in [5, 5.41) is 4.06. The third-order valence-electron chi connectivity index (χ3n) is 5.42. The monoisotopic (exact) mass is 368 g/mol. The Kier molecular flexibility index (Phi) is 4.59. The highest BCUT2D eigenvalue weighted by atomic mass is 16.5. The molecule has 0 radical (unpaired) electrons. The highest BCUT2D eigenvalue weighted by molar-refractivity contribution is 5.93. The maximum absolute atomic E-state index is 13.1. The van der Waals surface area contributed by atoms with Gasteiger partial charge in [-0.3, -0.25) is 4.79 Å². The van der Waals surface area contributed by atoms with E-state index in [0.29, 0.717) is 31.2 Å². The van der Waals surface area contributed by atoms with Gasteiger partial charge in [0.15, 0.2) is 0 Å². The van der Waals surface area contributed by atoms with E-state index in [2.05, 4.69) is 5.16 Å². The standard InChI is InChI=1S/C20H24N4O3/c1-22(2)20(26)23-11-14-8-9-16(13-23)24(12-14)19(25)18-10-17(21-27-18)15-6-4-3-5-7-15/h3-7,10,14,16H,8-9,11-13H2,1-2H3/t14-,16+/m1/s1. The first-order valence-electron chi connectivity index (χ1n) is 9.32. The van der Waals surface area contributed by atoms with Crippen LogP contribution in [0.25, 0.3) is 11.3 Å². The second-order valence-corrected chi connectivity index (χ2v) is 7.58. The molecular formula is C20H24N4O3. The van der Waals surface area contributed by atoms with E-state index < -0.39 is 0 Å². The Morgan fingerprint density at radius 1 is 1.11 bits per heavy atom. The van der Waals surface area contributed by atoms with E-state index >= 15 is 0 Å². The van der Waals surface area contributed by atoms with Gasteiger partial charge in [0, 0.05) is 51.4 Å². The lowest BCUT2D eigenvalue weighted by molar-refractivity contribution is 0.0544. The third kappa shape index (κ3) is 3.41. The number of amides is 3. The van der Waals surface area contributed by atoms with Crippen LogP contribution in [0, 0.1) is 5.92 Å².